The number of rotatable bonds is 4. The number of amides is 1. The standard InChI is InChI=1S/C12H17F3N4OS/c1-2-18-8-16-17-11(18)9-3-5-19(6-4-9)10(20)7-21-12(13,14)15/h8-9H,2-7H2,1H3. The molecular weight excluding hydrogens is 305 g/mol. The zero-order valence-corrected chi connectivity index (χ0v) is 12.5. The number of aryl methyl sites for hydroxylation is 1. The molecule has 0 saturated carbocycles. The van der Waals surface area contributed by atoms with Crippen LogP contribution in [0.5, 0.6) is 0 Å². The van der Waals surface area contributed by atoms with Gasteiger partial charge in [-0.15, -0.1) is 10.2 Å². The summed E-state index contributed by atoms with van der Waals surface area (Å²) >= 11 is -0.278. The number of likely N-dealkylation sites (tertiary alicyclic amines) is 1. The molecule has 0 spiro atoms. The number of hydrogen-bond donors (Lipinski definition) is 0. The van der Waals surface area contributed by atoms with Crippen molar-refractivity contribution in [3.8, 4) is 0 Å². The van der Waals surface area contributed by atoms with Crippen molar-refractivity contribution in [1.29, 1.82) is 0 Å². The topological polar surface area (TPSA) is 51.0 Å². The smallest absolute Gasteiger partial charge is 0.342 e. The van der Waals surface area contributed by atoms with Gasteiger partial charge in [0.1, 0.15) is 12.2 Å². The predicted molar refractivity (Wildman–Crippen MR) is 72.8 cm³/mol. The Hall–Kier alpha value is -1.25. The van der Waals surface area contributed by atoms with E-state index in [1.54, 1.807) is 6.33 Å². The zero-order valence-electron chi connectivity index (χ0n) is 11.6. The van der Waals surface area contributed by atoms with Crippen molar-refractivity contribution in [2.75, 3.05) is 18.8 Å². The van der Waals surface area contributed by atoms with E-state index >= 15 is 0 Å². The number of hydrogen-bond acceptors (Lipinski definition) is 4. The second-order valence-electron chi connectivity index (χ2n) is 4.86. The lowest BCUT2D eigenvalue weighted by Crippen LogP contribution is -2.39. The molecule has 1 saturated heterocycles. The van der Waals surface area contributed by atoms with Gasteiger partial charge in [0.25, 0.3) is 0 Å². The van der Waals surface area contributed by atoms with Gasteiger partial charge in [-0.3, -0.25) is 4.79 Å². The number of carbonyl (C=O) groups excluding carboxylic acids is 1. The molecule has 1 amide bonds. The molecular formula is C12H17F3N4OS. The van der Waals surface area contributed by atoms with Gasteiger partial charge >= 0.3 is 5.51 Å². The average molecular weight is 322 g/mol. The van der Waals surface area contributed by atoms with Crippen LogP contribution >= 0.6 is 11.8 Å². The third kappa shape index (κ3) is 4.36. The van der Waals surface area contributed by atoms with Crippen molar-refractivity contribution in [2.24, 2.45) is 0 Å². The van der Waals surface area contributed by atoms with Crippen molar-refractivity contribution < 1.29 is 18.0 Å². The molecule has 2 rings (SSSR count). The molecule has 1 fully saturated rings. The molecule has 0 bridgehead atoms. The molecule has 0 unspecified atom stereocenters. The fourth-order valence-electron chi connectivity index (χ4n) is 2.45. The van der Waals surface area contributed by atoms with E-state index in [1.807, 2.05) is 11.5 Å². The van der Waals surface area contributed by atoms with Gasteiger partial charge in [0, 0.05) is 25.6 Å². The Morgan fingerprint density at radius 3 is 2.67 bits per heavy atom. The fraction of sp³-hybridized carbons (Fsp3) is 0.750. The first-order valence-electron chi connectivity index (χ1n) is 6.77. The molecule has 0 atom stereocenters. The van der Waals surface area contributed by atoms with Crippen LogP contribution in [0.25, 0.3) is 0 Å². The minimum atomic E-state index is -4.36. The molecule has 0 radical (unpaired) electrons. The summed E-state index contributed by atoms with van der Waals surface area (Å²) in [7, 11) is 0. The van der Waals surface area contributed by atoms with Gasteiger partial charge in [-0.25, -0.2) is 0 Å². The fourth-order valence-corrected chi connectivity index (χ4v) is 2.92. The quantitative estimate of drug-likeness (QED) is 0.853. The van der Waals surface area contributed by atoms with Crippen LogP contribution in [0.15, 0.2) is 6.33 Å². The van der Waals surface area contributed by atoms with E-state index in [0.29, 0.717) is 25.9 Å². The third-order valence-electron chi connectivity index (χ3n) is 3.56. The van der Waals surface area contributed by atoms with Gasteiger partial charge in [-0.2, -0.15) is 13.2 Å². The number of thioether (sulfide) groups is 1. The second kappa shape index (κ2) is 6.67. The third-order valence-corrected chi connectivity index (χ3v) is 4.28. The van der Waals surface area contributed by atoms with Crippen molar-refractivity contribution in [1.82, 2.24) is 19.7 Å². The molecule has 1 aromatic rings. The van der Waals surface area contributed by atoms with E-state index in [9.17, 15) is 18.0 Å². The number of piperidine rings is 1. The molecule has 0 N–H and O–H groups in total. The van der Waals surface area contributed by atoms with Crippen LogP contribution in [0.4, 0.5) is 13.2 Å². The van der Waals surface area contributed by atoms with Gasteiger partial charge in [0.2, 0.25) is 5.91 Å². The SMILES string of the molecule is CCn1cnnc1C1CCN(C(=O)CSC(F)(F)F)CC1. The van der Waals surface area contributed by atoms with Gasteiger partial charge in [-0.05, 0) is 31.5 Å². The lowest BCUT2D eigenvalue weighted by molar-refractivity contribution is -0.129. The maximum absolute atomic E-state index is 12.1. The van der Waals surface area contributed by atoms with E-state index in [4.69, 9.17) is 0 Å². The van der Waals surface area contributed by atoms with Gasteiger partial charge in [0.15, 0.2) is 0 Å². The minimum Gasteiger partial charge on any atom is -0.342 e. The van der Waals surface area contributed by atoms with Crippen LogP contribution in [0, 0.1) is 0 Å². The molecule has 118 valence electrons. The Morgan fingerprint density at radius 2 is 2.10 bits per heavy atom. The minimum absolute atomic E-state index is 0.215. The molecule has 9 heteroatoms. The molecule has 1 aliphatic rings. The maximum Gasteiger partial charge on any atom is 0.442 e. The molecule has 0 aliphatic carbocycles. The number of nitrogens with zero attached hydrogens (tertiary/aromatic N) is 4. The monoisotopic (exact) mass is 322 g/mol. The first-order chi connectivity index (χ1) is 9.90. The van der Waals surface area contributed by atoms with Crippen molar-refractivity contribution in [2.45, 2.75) is 37.7 Å². The average Bonchev–Trinajstić information content (AvgIpc) is 2.92. The summed E-state index contributed by atoms with van der Waals surface area (Å²) in [5.74, 6) is 0.119. The van der Waals surface area contributed by atoms with E-state index < -0.39 is 17.2 Å². The highest BCUT2D eigenvalue weighted by Gasteiger charge is 2.32. The molecule has 2 heterocycles. The van der Waals surface area contributed by atoms with Gasteiger partial charge in [0.05, 0.1) is 5.75 Å². The van der Waals surface area contributed by atoms with Crippen LogP contribution < -0.4 is 0 Å². The van der Waals surface area contributed by atoms with E-state index in [-0.39, 0.29) is 17.7 Å². The van der Waals surface area contributed by atoms with Crippen LogP contribution in [-0.4, -0.2) is 49.9 Å². The Balaban J connectivity index is 1.84. The lowest BCUT2D eigenvalue weighted by atomic mass is 9.96. The molecule has 1 aromatic heterocycles. The van der Waals surface area contributed by atoms with Crippen LogP contribution in [0.1, 0.15) is 31.5 Å². The summed E-state index contributed by atoms with van der Waals surface area (Å²) in [6, 6.07) is 0. The molecule has 5 nitrogen and oxygen atoms in total. The van der Waals surface area contributed by atoms with Crippen LogP contribution in [-0.2, 0) is 11.3 Å². The van der Waals surface area contributed by atoms with Crippen molar-refractivity contribution in [3.05, 3.63) is 12.2 Å². The Bertz CT molecular complexity index is 483. The van der Waals surface area contributed by atoms with Crippen LogP contribution in [0.2, 0.25) is 0 Å². The Labute approximate surface area is 124 Å². The Kier molecular flexibility index (Phi) is 5.13. The number of aromatic nitrogens is 3. The van der Waals surface area contributed by atoms with Gasteiger partial charge < -0.3 is 9.47 Å². The summed E-state index contributed by atoms with van der Waals surface area (Å²) in [6.07, 6.45) is 3.09. The summed E-state index contributed by atoms with van der Waals surface area (Å²) in [5.41, 5.74) is -4.36. The highest BCUT2D eigenvalue weighted by atomic mass is 32.2. The van der Waals surface area contributed by atoms with E-state index in [1.165, 1.54) is 4.90 Å². The Morgan fingerprint density at radius 1 is 1.43 bits per heavy atom. The molecule has 1 aliphatic heterocycles. The first kappa shape index (κ1) is 16.1. The normalized spacial score (nSPS) is 17.2. The van der Waals surface area contributed by atoms with Crippen molar-refractivity contribution >= 4 is 17.7 Å². The highest BCUT2D eigenvalue weighted by molar-refractivity contribution is 8.00. The van der Waals surface area contributed by atoms with E-state index in [2.05, 4.69) is 10.2 Å². The number of alkyl halides is 3. The lowest BCUT2D eigenvalue weighted by Gasteiger charge is -2.31. The summed E-state index contributed by atoms with van der Waals surface area (Å²) < 4.78 is 38.2. The van der Waals surface area contributed by atoms with E-state index in [0.717, 1.165) is 12.4 Å². The largest absolute Gasteiger partial charge is 0.442 e. The molecule has 21 heavy (non-hydrogen) atoms. The van der Waals surface area contributed by atoms with Gasteiger partial charge in [-0.1, -0.05) is 0 Å². The summed E-state index contributed by atoms with van der Waals surface area (Å²) in [6.45, 7) is 3.72. The first-order valence-corrected chi connectivity index (χ1v) is 7.75. The molecule has 0 aromatic carbocycles. The predicted octanol–water partition coefficient (Wildman–Crippen LogP) is 2.26. The summed E-state index contributed by atoms with van der Waals surface area (Å²) in [5, 5.41) is 7.99. The number of carbonyl (C=O) groups is 1. The highest BCUT2D eigenvalue weighted by Crippen LogP contribution is 2.31. The second-order valence-corrected chi connectivity index (χ2v) is 5.90. The maximum atomic E-state index is 12.1. The van der Waals surface area contributed by atoms with Crippen molar-refractivity contribution in [3.63, 3.8) is 0 Å². The summed E-state index contributed by atoms with van der Waals surface area (Å²) in [4.78, 5) is 13.2. The zero-order chi connectivity index (χ0) is 15.5. The number of halogens is 3. The van der Waals surface area contributed by atoms with Crippen LogP contribution in [0.3, 0.4) is 0 Å².